The van der Waals surface area contributed by atoms with E-state index in [-0.39, 0.29) is 26.2 Å². The van der Waals surface area contributed by atoms with Crippen LogP contribution in [0.5, 0.6) is 0 Å². The molecule has 0 aromatic heterocycles. The van der Waals surface area contributed by atoms with E-state index in [0.717, 1.165) is 21.7 Å². The minimum Gasteiger partial charge on any atom is -0.396 e. The number of carbonyl (C=O) groups excluding carboxylic acids is 2. The van der Waals surface area contributed by atoms with Crippen molar-refractivity contribution in [2.45, 2.75) is 25.6 Å². The second kappa shape index (κ2) is 13.7. The molecule has 9 heteroatoms. The highest BCUT2D eigenvalue weighted by molar-refractivity contribution is 7.88. The summed E-state index contributed by atoms with van der Waals surface area (Å²) in [7, 11) is -3.74. The van der Waals surface area contributed by atoms with Crippen molar-refractivity contribution in [1.29, 1.82) is 0 Å². The maximum Gasteiger partial charge on any atom is 0.247 e. The zero-order valence-corrected chi connectivity index (χ0v) is 21.7. The van der Waals surface area contributed by atoms with E-state index in [1.807, 2.05) is 54.6 Å². The van der Waals surface area contributed by atoms with Crippen LogP contribution in [0.1, 0.15) is 29.2 Å². The standard InChI is InChI=1S/C28H33N3O5S/c1-37(35,36)30(20-23-12-5-2-6-13-23)22-26(33)31(21-24-14-7-3-8-15-24)27(25-16-9-4-10-17-25)28(34)29-18-11-19-32/h2-10,12-17,27,32H,11,18-22H2,1H3,(H,29,34)/t27-/m1/s1. The number of benzene rings is 3. The zero-order chi connectivity index (χ0) is 26.7. The van der Waals surface area contributed by atoms with Gasteiger partial charge in [-0.3, -0.25) is 9.59 Å². The number of aliphatic hydroxyl groups excluding tert-OH is 1. The molecule has 0 aliphatic rings. The molecule has 1 atom stereocenters. The van der Waals surface area contributed by atoms with E-state index in [9.17, 15) is 18.0 Å². The maximum atomic E-state index is 13.8. The van der Waals surface area contributed by atoms with Crippen molar-refractivity contribution in [3.05, 3.63) is 108 Å². The molecule has 0 unspecified atom stereocenters. The van der Waals surface area contributed by atoms with Gasteiger partial charge >= 0.3 is 0 Å². The van der Waals surface area contributed by atoms with Crippen molar-refractivity contribution in [2.75, 3.05) is 26.0 Å². The summed E-state index contributed by atoms with van der Waals surface area (Å²) < 4.78 is 26.4. The molecular weight excluding hydrogens is 490 g/mol. The Hall–Kier alpha value is -3.53. The average Bonchev–Trinajstić information content (AvgIpc) is 2.89. The van der Waals surface area contributed by atoms with Gasteiger partial charge in [-0.1, -0.05) is 91.0 Å². The third-order valence-corrected chi connectivity index (χ3v) is 7.00. The first-order valence-electron chi connectivity index (χ1n) is 12.1. The number of amides is 2. The van der Waals surface area contributed by atoms with Crippen molar-refractivity contribution in [2.24, 2.45) is 0 Å². The fourth-order valence-corrected chi connectivity index (χ4v) is 4.65. The van der Waals surface area contributed by atoms with Crippen LogP contribution < -0.4 is 5.32 Å². The van der Waals surface area contributed by atoms with Gasteiger partial charge in [-0.2, -0.15) is 4.31 Å². The molecule has 0 radical (unpaired) electrons. The summed E-state index contributed by atoms with van der Waals surface area (Å²) in [5.41, 5.74) is 2.15. The Morgan fingerprint density at radius 3 is 1.86 bits per heavy atom. The lowest BCUT2D eigenvalue weighted by molar-refractivity contribution is -0.141. The van der Waals surface area contributed by atoms with Crippen molar-refractivity contribution in [3.63, 3.8) is 0 Å². The lowest BCUT2D eigenvalue weighted by atomic mass is 10.0. The van der Waals surface area contributed by atoms with Crippen molar-refractivity contribution in [3.8, 4) is 0 Å². The third-order valence-electron chi connectivity index (χ3n) is 5.81. The molecule has 0 spiro atoms. The number of carbonyl (C=O) groups is 2. The van der Waals surface area contributed by atoms with Gasteiger partial charge in [0.15, 0.2) is 0 Å². The first-order chi connectivity index (χ1) is 17.8. The normalized spacial score (nSPS) is 12.2. The fourth-order valence-electron chi connectivity index (χ4n) is 3.92. The SMILES string of the molecule is CS(=O)(=O)N(CC(=O)N(Cc1ccccc1)[C@@H](C(=O)NCCCO)c1ccccc1)Cc1ccccc1. The molecule has 3 aromatic rings. The summed E-state index contributed by atoms with van der Waals surface area (Å²) in [6.07, 6.45) is 1.44. The smallest absolute Gasteiger partial charge is 0.247 e. The topological polar surface area (TPSA) is 107 Å². The molecule has 37 heavy (non-hydrogen) atoms. The van der Waals surface area contributed by atoms with Crippen LogP contribution in [0.25, 0.3) is 0 Å². The number of sulfonamides is 1. The van der Waals surface area contributed by atoms with Crippen LogP contribution in [0.3, 0.4) is 0 Å². The molecule has 2 N–H and O–H groups in total. The van der Waals surface area contributed by atoms with E-state index in [1.54, 1.807) is 36.4 Å². The summed E-state index contributed by atoms with van der Waals surface area (Å²) in [4.78, 5) is 28.7. The van der Waals surface area contributed by atoms with Crippen LogP contribution >= 0.6 is 0 Å². The number of aliphatic hydroxyl groups is 1. The highest BCUT2D eigenvalue weighted by Crippen LogP contribution is 2.25. The summed E-state index contributed by atoms with van der Waals surface area (Å²) in [6.45, 7) is -0.117. The molecule has 0 aliphatic carbocycles. The van der Waals surface area contributed by atoms with E-state index >= 15 is 0 Å². The molecule has 0 aliphatic heterocycles. The van der Waals surface area contributed by atoms with Gasteiger partial charge < -0.3 is 15.3 Å². The van der Waals surface area contributed by atoms with E-state index < -0.39 is 34.4 Å². The van der Waals surface area contributed by atoms with Crippen LogP contribution in [0, 0.1) is 0 Å². The van der Waals surface area contributed by atoms with Gasteiger partial charge in [-0.15, -0.1) is 0 Å². The monoisotopic (exact) mass is 523 g/mol. The Balaban J connectivity index is 1.98. The van der Waals surface area contributed by atoms with Gasteiger partial charge in [-0.25, -0.2) is 8.42 Å². The van der Waals surface area contributed by atoms with Crippen molar-refractivity contribution < 1.29 is 23.1 Å². The molecule has 196 valence electrons. The van der Waals surface area contributed by atoms with Crippen LogP contribution in [-0.2, 0) is 32.7 Å². The largest absolute Gasteiger partial charge is 0.396 e. The minimum absolute atomic E-state index is 0.0310. The molecule has 0 bridgehead atoms. The first-order valence-corrected chi connectivity index (χ1v) is 13.9. The molecule has 0 saturated heterocycles. The third kappa shape index (κ3) is 8.52. The molecule has 2 amide bonds. The Kier molecular flexibility index (Phi) is 10.4. The fraction of sp³-hybridized carbons (Fsp3) is 0.286. The van der Waals surface area contributed by atoms with Crippen LogP contribution in [0.15, 0.2) is 91.0 Å². The Bertz CT molecular complexity index is 1240. The predicted octanol–water partition coefficient (Wildman–Crippen LogP) is 2.72. The maximum absolute atomic E-state index is 13.8. The van der Waals surface area contributed by atoms with Crippen LogP contribution in [-0.4, -0.2) is 60.5 Å². The number of nitrogens with zero attached hydrogens (tertiary/aromatic N) is 2. The van der Waals surface area contributed by atoms with E-state index in [0.29, 0.717) is 12.0 Å². The van der Waals surface area contributed by atoms with Gasteiger partial charge in [-0.05, 0) is 23.1 Å². The Labute approximate surface area is 218 Å². The van der Waals surface area contributed by atoms with E-state index in [4.69, 9.17) is 5.11 Å². The number of rotatable bonds is 13. The average molecular weight is 524 g/mol. The number of hydrogen-bond donors (Lipinski definition) is 2. The highest BCUT2D eigenvalue weighted by Gasteiger charge is 2.33. The molecule has 0 heterocycles. The quantitative estimate of drug-likeness (QED) is 0.335. The molecular formula is C28H33N3O5S. The number of hydrogen-bond acceptors (Lipinski definition) is 5. The lowest BCUT2D eigenvalue weighted by Gasteiger charge is -2.33. The lowest BCUT2D eigenvalue weighted by Crippen LogP contribution is -2.48. The van der Waals surface area contributed by atoms with Crippen molar-refractivity contribution >= 4 is 21.8 Å². The Morgan fingerprint density at radius 2 is 1.35 bits per heavy atom. The minimum atomic E-state index is -3.74. The second-order valence-corrected chi connectivity index (χ2v) is 10.7. The molecule has 3 rings (SSSR count). The van der Waals surface area contributed by atoms with Crippen molar-refractivity contribution in [1.82, 2.24) is 14.5 Å². The van der Waals surface area contributed by atoms with Gasteiger partial charge in [0.1, 0.15) is 6.04 Å². The molecule has 0 fully saturated rings. The van der Waals surface area contributed by atoms with Gasteiger partial charge in [0.25, 0.3) is 0 Å². The van der Waals surface area contributed by atoms with Crippen LogP contribution in [0.4, 0.5) is 0 Å². The summed E-state index contributed by atoms with van der Waals surface area (Å²) in [5, 5.41) is 11.9. The molecule has 3 aromatic carbocycles. The summed E-state index contributed by atoms with van der Waals surface area (Å²) in [5.74, 6) is -0.908. The molecule has 0 saturated carbocycles. The van der Waals surface area contributed by atoms with Gasteiger partial charge in [0, 0.05) is 26.2 Å². The summed E-state index contributed by atoms with van der Waals surface area (Å²) in [6, 6.07) is 26.2. The second-order valence-electron chi connectivity index (χ2n) is 8.71. The number of nitrogens with one attached hydrogen (secondary N) is 1. The van der Waals surface area contributed by atoms with Gasteiger partial charge in [0.2, 0.25) is 21.8 Å². The predicted molar refractivity (Wildman–Crippen MR) is 143 cm³/mol. The summed E-state index contributed by atoms with van der Waals surface area (Å²) >= 11 is 0. The van der Waals surface area contributed by atoms with Gasteiger partial charge in [0.05, 0.1) is 12.8 Å². The Morgan fingerprint density at radius 1 is 0.838 bits per heavy atom. The highest BCUT2D eigenvalue weighted by atomic mass is 32.2. The molecule has 8 nitrogen and oxygen atoms in total. The van der Waals surface area contributed by atoms with E-state index in [1.165, 1.54) is 4.90 Å². The first kappa shape index (κ1) is 28.0. The van der Waals surface area contributed by atoms with Crippen LogP contribution in [0.2, 0.25) is 0 Å². The van der Waals surface area contributed by atoms with E-state index in [2.05, 4.69) is 5.32 Å². The zero-order valence-electron chi connectivity index (χ0n) is 20.9.